The first-order valence-electron chi connectivity index (χ1n) is 7.89. The van der Waals surface area contributed by atoms with E-state index in [0.717, 1.165) is 12.1 Å². The SMILES string of the molecule is CCc1ccc(NC(=O)c2cc(Nc3ccccc3Cl)ncn2)cc1. The number of carbonyl (C=O) groups excluding carboxylic acids is 1. The third-order valence-electron chi connectivity index (χ3n) is 3.66. The number of benzene rings is 2. The predicted molar refractivity (Wildman–Crippen MR) is 101 cm³/mol. The fourth-order valence-corrected chi connectivity index (χ4v) is 2.45. The molecule has 5 nitrogen and oxygen atoms in total. The summed E-state index contributed by atoms with van der Waals surface area (Å²) < 4.78 is 0. The van der Waals surface area contributed by atoms with Gasteiger partial charge >= 0.3 is 0 Å². The molecule has 0 radical (unpaired) electrons. The van der Waals surface area contributed by atoms with Gasteiger partial charge in [-0.15, -0.1) is 0 Å². The van der Waals surface area contributed by atoms with Gasteiger partial charge in [0, 0.05) is 11.8 Å². The number of aromatic nitrogens is 2. The van der Waals surface area contributed by atoms with Crippen LogP contribution in [0, 0.1) is 0 Å². The van der Waals surface area contributed by atoms with E-state index in [0.29, 0.717) is 16.5 Å². The van der Waals surface area contributed by atoms with Gasteiger partial charge in [-0.3, -0.25) is 4.79 Å². The largest absolute Gasteiger partial charge is 0.339 e. The summed E-state index contributed by atoms with van der Waals surface area (Å²) in [6.45, 7) is 2.09. The number of carbonyl (C=O) groups is 1. The van der Waals surface area contributed by atoms with Crippen LogP contribution >= 0.6 is 11.6 Å². The summed E-state index contributed by atoms with van der Waals surface area (Å²) in [5.74, 6) is 0.198. The lowest BCUT2D eigenvalue weighted by atomic mass is 10.1. The summed E-state index contributed by atoms with van der Waals surface area (Å²) in [5, 5.41) is 6.48. The molecule has 3 aromatic rings. The topological polar surface area (TPSA) is 66.9 Å². The van der Waals surface area contributed by atoms with E-state index in [9.17, 15) is 4.79 Å². The lowest BCUT2D eigenvalue weighted by Gasteiger charge is -2.09. The van der Waals surface area contributed by atoms with Crippen LogP contribution in [0.2, 0.25) is 5.02 Å². The Kier molecular flexibility index (Phi) is 5.26. The zero-order valence-electron chi connectivity index (χ0n) is 13.7. The van der Waals surface area contributed by atoms with Gasteiger partial charge < -0.3 is 10.6 Å². The van der Waals surface area contributed by atoms with E-state index in [1.54, 1.807) is 12.1 Å². The lowest BCUT2D eigenvalue weighted by molar-refractivity contribution is 0.102. The highest BCUT2D eigenvalue weighted by Crippen LogP contribution is 2.24. The number of rotatable bonds is 5. The van der Waals surface area contributed by atoms with E-state index in [2.05, 4.69) is 27.5 Å². The van der Waals surface area contributed by atoms with E-state index in [4.69, 9.17) is 11.6 Å². The molecule has 0 fully saturated rings. The number of hydrogen-bond donors (Lipinski definition) is 2. The van der Waals surface area contributed by atoms with Gasteiger partial charge in [0.15, 0.2) is 0 Å². The molecule has 0 aliphatic rings. The molecule has 1 heterocycles. The molecule has 126 valence electrons. The number of aryl methyl sites for hydroxylation is 1. The summed E-state index contributed by atoms with van der Waals surface area (Å²) in [5.41, 5.74) is 2.92. The molecule has 0 aliphatic carbocycles. The summed E-state index contributed by atoms with van der Waals surface area (Å²) >= 11 is 6.12. The van der Waals surface area contributed by atoms with E-state index < -0.39 is 0 Å². The van der Waals surface area contributed by atoms with Gasteiger partial charge in [-0.1, -0.05) is 42.8 Å². The fraction of sp³-hybridized carbons (Fsp3) is 0.105. The number of halogens is 1. The van der Waals surface area contributed by atoms with Crippen molar-refractivity contribution in [2.45, 2.75) is 13.3 Å². The van der Waals surface area contributed by atoms with Crippen LogP contribution < -0.4 is 10.6 Å². The molecule has 0 bridgehead atoms. The standard InChI is InChI=1S/C19H17ClN4O/c1-2-13-7-9-14(10-8-13)23-19(25)17-11-18(22-12-21-17)24-16-6-4-3-5-15(16)20/h3-12H,2H2,1H3,(H,23,25)(H,21,22,24). The third kappa shape index (κ3) is 4.33. The molecule has 0 saturated carbocycles. The maximum Gasteiger partial charge on any atom is 0.274 e. The molecule has 6 heteroatoms. The zero-order chi connectivity index (χ0) is 17.6. The summed E-state index contributed by atoms with van der Waals surface area (Å²) in [6.07, 6.45) is 2.30. The molecule has 0 spiro atoms. The Hall–Kier alpha value is -2.92. The maximum atomic E-state index is 12.4. The molecule has 0 saturated heterocycles. The first-order valence-corrected chi connectivity index (χ1v) is 8.27. The van der Waals surface area contributed by atoms with Crippen molar-refractivity contribution in [1.82, 2.24) is 9.97 Å². The first-order chi connectivity index (χ1) is 12.2. The van der Waals surface area contributed by atoms with E-state index in [-0.39, 0.29) is 11.6 Å². The molecule has 0 unspecified atom stereocenters. The normalized spacial score (nSPS) is 10.3. The van der Waals surface area contributed by atoms with Crippen LogP contribution in [0.3, 0.4) is 0 Å². The van der Waals surface area contributed by atoms with Crippen LogP contribution in [0.25, 0.3) is 0 Å². The average Bonchev–Trinajstić information content (AvgIpc) is 2.64. The number of para-hydroxylation sites is 1. The van der Waals surface area contributed by atoms with Gasteiger partial charge in [0.2, 0.25) is 0 Å². The average molecular weight is 353 g/mol. The number of nitrogens with one attached hydrogen (secondary N) is 2. The summed E-state index contributed by atoms with van der Waals surface area (Å²) in [4.78, 5) is 20.5. The number of amides is 1. The first kappa shape index (κ1) is 16.9. The smallest absolute Gasteiger partial charge is 0.274 e. The number of hydrogen-bond acceptors (Lipinski definition) is 4. The minimum atomic E-state index is -0.297. The van der Waals surface area contributed by atoms with Crippen molar-refractivity contribution in [3.8, 4) is 0 Å². The van der Waals surface area contributed by atoms with E-state index in [1.807, 2.05) is 42.5 Å². The Bertz CT molecular complexity index is 881. The van der Waals surface area contributed by atoms with Gasteiger partial charge in [0.25, 0.3) is 5.91 Å². The van der Waals surface area contributed by atoms with E-state index in [1.165, 1.54) is 11.9 Å². The molecule has 2 aromatic carbocycles. The van der Waals surface area contributed by atoms with Crippen molar-refractivity contribution in [1.29, 1.82) is 0 Å². The highest BCUT2D eigenvalue weighted by Gasteiger charge is 2.10. The highest BCUT2D eigenvalue weighted by molar-refractivity contribution is 6.33. The van der Waals surface area contributed by atoms with Crippen LogP contribution in [0.1, 0.15) is 23.0 Å². The number of nitrogens with zero attached hydrogens (tertiary/aromatic N) is 2. The van der Waals surface area contributed by atoms with Crippen molar-refractivity contribution >= 4 is 34.7 Å². The lowest BCUT2D eigenvalue weighted by Crippen LogP contribution is -2.14. The Balaban J connectivity index is 1.74. The Labute approximate surface area is 151 Å². The van der Waals surface area contributed by atoms with Gasteiger partial charge in [0.1, 0.15) is 17.8 Å². The molecule has 2 N–H and O–H groups in total. The molecular formula is C19H17ClN4O. The molecule has 1 aromatic heterocycles. The van der Waals surface area contributed by atoms with Crippen molar-refractivity contribution in [2.75, 3.05) is 10.6 Å². The fourth-order valence-electron chi connectivity index (χ4n) is 2.27. The van der Waals surface area contributed by atoms with Gasteiger partial charge in [-0.25, -0.2) is 9.97 Å². The molecule has 0 aliphatic heterocycles. The Morgan fingerprint density at radius 1 is 1.08 bits per heavy atom. The maximum absolute atomic E-state index is 12.4. The third-order valence-corrected chi connectivity index (χ3v) is 3.99. The second kappa shape index (κ2) is 7.77. The molecular weight excluding hydrogens is 336 g/mol. The molecule has 25 heavy (non-hydrogen) atoms. The van der Waals surface area contributed by atoms with Crippen LogP contribution in [0.4, 0.5) is 17.2 Å². The Morgan fingerprint density at radius 3 is 2.56 bits per heavy atom. The van der Waals surface area contributed by atoms with Gasteiger partial charge in [0.05, 0.1) is 10.7 Å². The van der Waals surface area contributed by atoms with Crippen LogP contribution in [0.5, 0.6) is 0 Å². The van der Waals surface area contributed by atoms with Crippen molar-refractivity contribution < 1.29 is 4.79 Å². The quantitative estimate of drug-likeness (QED) is 0.699. The number of anilines is 3. The predicted octanol–water partition coefficient (Wildman–Crippen LogP) is 4.69. The zero-order valence-corrected chi connectivity index (χ0v) is 14.4. The van der Waals surface area contributed by atoms with Crippen LogP contribution in [-0.2, 0) is 6.42 Å². The molecule has 1 amide bonds. The van der Waals surface area contributed by atoms with Gasteiger partial charge in [-0.05, 0) is 36.2 Å². The molecule has 0 atom stereocenters. The van der Waals surface area contributed by atoms with E-state index >= 15 is 0 Å². The second-order valence-corrected chi connectivity index (χ2v) is 5.81. The summed E-state index contributed by atoms with van der Waals surface area (Å²) in [7, 11) is 0. The minimum Gasteiger partial charge on any atom is -0.339 e. The van der Waals surface area contributed by atoms with Crippen molar-refractivity contribution in [3.63, 3.8) is 0 Å². The van der Waals surface area contributed by atoms with Crippen molar-refractivity contribution in [3.05, 3.63) is 77.2 Å². The van der Waals surface area contributed by atoms with Crippen molar-refractivity contribution in [2.24, 2.45) is 0 Å². The molecule has 3 rings (SSSR count). The highest BCUT2D eigenvalue weighted by atomic mass is 35.5. The monoisotopic (exact) mass is 352 g/mol. The minimum absolute atomic E-state index is 0.268. The van der Waals surface area contributed by atoms with Crippen LogP contribution in [0.15, 0.2) is 60.9 Å². The second-order valence-electron chi connectivity index (χ2n) is 5.40. The van der Waals surface area contributed by atoms with Gasteiger partial charge in [-0.2, -0.15) is 0 Å². The Morgan fingerprint density at radius 2 is 1.84 bits per heavy atom. The summed E-state index contributed by atoms with van der Waals surface area (Å²) in [6, 6.07) is 16.6. The van der Waals surface area contributed by atoms with Crippen LogP contribution in [-0.4, -0.2) is 15.9 Å².